The van der Waals surface area contributed by atoms with Gasteiger partial charge >= 0.3 is 5.97 Å². The number of aliphatic carboxylic acids is 1. The maximum Gasteiger partial charge on any atom is 0.304 e. The van der Waals surface area contributed by atoms with E-state index in [2.05, 4.69) is 10.3 Å². The fourth-order valence-electron chi connectivity index (χ4n) is 1.55. The Morgan fingerprint density at radius 1 is 1.45 bits per heavy atom. The summed E-state index contributed by atoms with van der Waals surface area (Å²) in [6.45, 7) is 0. The molecule has 0 fully saturated rings. The number of carbonyl (C=O) groups is 3. The van der Waals surface area contributed by atoms with Crippen molar-refractivity contribution in [2.75, 3.05) is 18.6 Å². The van der Waals surface area contributed by atoms with E-state index in [1.54, 1.807) is 18.3 Å². The van der Waals surface area contributed by atoms with Gasteiger partial charge in [-0.15, -0.1) is 0 Å². The van der Waals surface area contributed by atoms with Crippen molar-refractivity contribution in [1.82, 2.24) is 10.3 Å². The summed E-state index contributed by atoms with van der Waals surface area (Å²) in [5.41, 5.74) is 0.388. The summed E-state index contributed by atoms with van der Waals surface area (Å²) in [6.07, 6.45) is 2.71. The van der Waals surface area contributed by atoms with Crippen LogP contribution < -0.4 is 5.32 Å². The Bertz CT molecular complexity index is 479. The fourth-order valence-corrected chi connectivity index (χ4v) is 2.55. The van der Waals surface area contributed by atoms with E-state index in [-0.39, 0.29) is 29.6 Å². The molecule has 1 aromatic rings. The van der Waals surface area contributed by atoms with Crippen molar-refractivity contribution < 1.29 is 19.5 Å². The number of pyridine rings is 1. The summed E-state index contributed by atoms with van der Waals surface area (Å²) < 4.78 is 0. The zero-order valence-electron chi connectivity index (χ0n) is 11.0. The Morgan fingerprint density at radius 2 is 2.20 bits per heavy atom. The minimum absolute atomic E-state index is 0.155. The predicted molar refractivity (Wildman–Crippen MR) is 75.7 cm³/mol. The number of Topliss-reactive ketones (excluding diaryl/α,β-unsaturated/α-hetero) is 1. The lowest BCUT2D eigenvalue weighted by Crippen LogP contribution is -2.24. The van der Waals surface area contributed by atoms with Crippen molar-refractivity contribution in [2.24, 2.45) is 5.92 Å². The van der Waals surface area contributed by atoms with E-state index in [0.29, 0.717) is 5.56 Å². The lowest BCUT2D eigenvalue weighted by Gasteiger charge is -2.13. The van der Waals surface area contributed by atoms with Gasteiger partial charge in [-0.3, -0.25) is 19.4 Å². The molecule has 0 aliphatic carbocycles. The molecule has 1 unspecified atom stereocenters. The topological polar surface area (TPSA) is 96.4 Å². The highest BCUT2D eigenvalue weighted by molar-refractivity contribution is 7.99. The van der Waals surface area contributed by atoms with E-state index in [0.717, 1.165) is 0 Å². The van der Waals surface area contributed by atoms with Crippen molar-refractivity contribution in [1.29, 1.82) is 0 Å². The molecule has 0 radical (unpaired) electrons. The van der Waals surface area contributed by atoms with E-state index < -0.39 is 11.9 Å². The smallest absolute Gasteiger partial charge is 0.304 e. The van der Waals surface area contributed by atoms with Gasteiger partial charge in [-0.2, -0.15) is 11.8 Å². The number of carboxylic acids is 1. The molecule has 1 heterocycles. The van der Waals surface area contributed by atoms with Gasteiger partial charge in [-0.05, 0) is 12.1 Å². The van der Waals surface area contributed by atoms with Gasteiger partial charge < -0.3 is 10.4 Å². The first kappa shape index (κ1) is 16.2. The van der Waals surface area contributed by atoms with Crippen molar-refractivity contribution in [2.45, 2.75) is 6.42 Å². The Balaban J connectivity index is 2.66. The predicted octanol–water partition coefficient (Wildman–Crippen LogP) is 0.834. The number of hydrogen-bond donors (Lipinski definition) is 2. The number of nitrogens with zero attached hydrogens (tertiary/aromatic N) is 1. The maximum atomic E-state index is 12.2. The van der Waals surface area contributed by atoms with Crippen LogP contribution in [0.2, 0.25) is 0 Å². The summed E-state index contributed by atoms with van der Waals surface area (Å²) in [6, 6.07) is 3.23. The summed E-state index contributed by atoms with van der Waals surface area (Å²) in [5.74, 6) is -1.62. The van der Waals surface area contributed by atoms with E-state index in [9.17, 15) is 14.4 Å². The van der Waals surface area contributed by atoms with Crippen molar-refractivity contribution >= 4 is 29.4 Å². The number of carboxylic acid groups (broad SMARTS) is 1. The molecule has 1 amide bonds. The maximum absolute atomic E-state index is 12.2. The van der Waals surface area contributed by atoms with E-state index >= 15 is 0 Å². The largest absolute Gasteiger partial charge is 0.481 e. The highest BCUT2D eigenvalue weighted by Gasteiger charge is 2.23. The van der Waals surface area contributed by atoms with Gasteiger partial charge in [0.15, 0.2) is 5.78 Å². The molecule has 6 nitrogen and oxygen atoms in total. The zero-order valence-corrected chi connectivity index (χ0v) is 11.9. The standard InChI is InChI=1S/C13H16N2O4S/c1-14-11(16)8-20-7-10(5-12(17)18)13(19)9-3-2-4-15-6-9/h2-4,6,10H,5,7-8H2,1H3,(H,14,16)(H,17,18). The fraction of sp³-hybridized carbons (Fsp3) is 0.385. The molecule has 0 saturated carbocycles. The molecule has 20 heavy (non-hydrogen) atoms. The Hall–Kier alpha value is -1.89. The minimum Gasteiger partial charge on any atom is -0.481 e. The third-order valence-corrected chi connectivity index (χ3v) is 3.67. The van der Waals surface area contributed by atoms with E-state index in [1.807, 2.05) is 0 Å². The Morgan fingerprint density at radius 3 is 2.75 bits per heavy atom. The number of ketones is 1. The molecule has 0 aliphatic rings. The van der Waals surface area contributed by atoms with Crippen LogP contribution in [0.3, 0.4) is 0 Å². The van der Waals surface area contributed by atoms with Gasteiger partial charge in [-0.1, -0.05) is 0 Å². The van der Waals surface area contributed by atoms with E-state index in [4.69, 9.17) is 5.11 Å². The summed E-state index contributed by atoms with van der Waals surface area (Å²) >= 11 is 1.24. The Kier molecular flexibility index (Phi) is 6.72. The number of aromatic nitrogens is 1. The van der Waals surface area contributed by atoms with Crippen LogP contribution in [0.5, 0.6) is 0 Å². The first-order valence-electron chi connectivity index (χ1n) is 5.99. The van der Waals surface area contributed by atoms with Gasteiger partial charge in [0.05, 0.1) is 12.2 Å². The summed E-state index contributed by atoms with van der Waals surface area (Å²) in [5, 5.41) is 11.3. The lowest BCUT2D eigenvalue weighted by atomic mass is 9.97. The molecule has 1 atom stereocenters. The second-order valence-electron chi connectivity index (χ2n) is 4.09. The zero-order chi connectivity index (χ0) is 15.0. The molecule has 0 aliphatic heterocycles. The second kappa shape index (κ2) is 8.31. The average Bonchev–Trinajstić information content (AvgIpc) is 2.45. The quantitative estimate of drug-likeness (QED) is 0.690. The van der Waals surface area contributed by atoms with Gasteiger partial charge in [0.1, 0.15) is 0 Å². The first-order chi connectivity index (χ1) is 9.54. The van der Waals surface area contributed by atoms with Crippen LogP contribution in [0.4, 0.5) is 0 Å². The minimum atomic E-state index is -1.03. The molecule has 0 saturated heterocycles. The molecule has 0 spiro atoms. The lowest BCUT2D eigenvalue weighted by molar-refractivity contribution is -0.137. The third-order valence-electron chi connectivity index (χ3n) is 2.57. The average molecular weight is 296 g/mol. The molecule has 0 aromatic carbocycles. The van der Waals surface area contributed by atoms with Crippen molar-refractivity contribution in [3.8, 4) is 0 Å². The molecular weight excluding hydrogens is 280 g/mol. The van der Waals surface area contributed by atoms with E-state index in [1.165, 1.54) is 25.0 Å². The van der Waals surface area contributed by atoms with Gasteiger partial charge in [-0.25, -0.2) is 0 Å². The number of hydrogen-bond acceptors (Lipinski definition) is 5. The molecule has 1 aromatic heterocycles. The molecule has 108 valence electrons. The van der Waals surface area contributed by atoms with Crippen LogP contribution in [0.15, 0.2) is 24.5 Å². The van der Waals surface area contributed by atoms with Gasteiger partial charge in [0.2, 0.25) is 5.91 Å². The van der Waals surface area contributed by atoms with Crippen molar-refractivity contribution in [3.05, 3.63) is 30.1 Å². The third kappa shape index (κ3) is 5.40. The van der Waals surface area contributed by atoms with Crippen LogP contribution in [0, 0.1) is 5.92 Å². The number of amides is 1. The summed E-state index contributed by atoms with van der Waals surface area (Å²) in [7, 11) is 1.53. The van der Waals surface area contributed by atoms with Crippen LogP contribution in [-0.2, 0) is 9.59 Å². The molecular formula is C13H16N2O4S. The monoisotopic (exact) mass is 296 g/mol. The Labute approximate surface area is 121 Å². The van der Waals surface area contributed by atoms with Gasteiger partial charge in [0, 0.05) is 36.7 Å². The highest BCUT2D eigenvalue weighted by Crippen LogP contribution is 2.18. The van der Waals surface area contributed by atoms with Gasteiger partial charge in [0.25, 0.3) is 0 Å². The molecule has 1 rings (SSSR count). The number of carbonyl (C=O) groups excluding carboxylic acids is 2. The number of nitrogens with one attached hydrogen (secondary N) is 1. The number of rotatable bonds is 8. The van der Waals surface area contributed by atoms with Crippen LogP contribution >= 0.6 is 11.8 Å². The molecule has 0 bridgehead atoms. The highest BCUT2D eigenvalue weighted by atomic mass is 32.2. The first-order valence-corrected chi connectivity index (χ1v) is 7.14. The van der Waals surface area contributed by atoms with Crippen LogP contribution in [0.25, 0.3) is 0 Å². The van der Waals surface area contributed by atoms with Crippen LogP contribution in [0.1, 0.15) is 16.8 Å². The summed E-state index contributed by atoms with van der Waals surface area (Å²) in [4.78, 5) is 38.0. The SMILES string of the molecule is CNC(=O)CSCC(CC(=O)O)C(=O)c1cccnc1. The number of thioether (sulfide) groups is 1. The molecule has 7 heteroatoms. The second-order valence-corrected chi connectivity index (χ2v) is 5.12. The van der Waals surface area contributed by atoms with Crippen LogP contribution in [-0.4, -0.2) is 46.3 Å². The normalized spacial score (nSPS) is 11.7. The van der Waals surface area contributed by atoms with Crippen molar-refractivity contribution in [3.63, 3.8) is 0 Å². The molecule has 2 N–H and O–H groups in total.